The third kappa shape index (κ3) is 10.7. The predicted octanol–water partition coefficient (Wildman–Crippen LogP) is 6.08. The Labute approximate surface area is 171 Å². The van der Waals surface area contributed by atoms with Crippen molar-refractivity contribution >= 4 is 0 Å². The summed E-state index contributed by atoms with van der Waals surface area (Å²) in [6.07, 6.45) is 22.3. The van der Waals surface area contributed by atoms with E-state index in [2.05, 4.69) is 85.0 Å². The van der Waals surface area contributed by atoms with Crippen molar-refractivity contribution in [2.45, 2.75) is 25.7 Å². The van der Waals surface area contributed by atoms with Gasteiger partial charge in [0, 0.05) is 25.8 Å². The summed E-state index contributed by atoms with van der Waals surface area (Å²) in [6, 6.07) is 21.2. The quantitative estimate of drug-likeness (QED) is 0.361. The predicted molar refractivity (Wildman–Crippen MR) is 103 cm³/mol. The molecule has 4 rings (SSSR count). The molecule has 126 valence electrons. The van der Waals surface area contributed by atoms with Crippen molar-refractivity contribution < 1.29 is 25.8 Å². The van der Waals surface area contributed by atoms with Crippen LogP contribution in [0.4, 0.5) is 0 Å². The van der Waals surface area contributed by atoms with Crippen LogP contribution in [0.15, 0.2) is 97.1 Å². The standard InChI is InChI=1S/C14H14.2C5H5.Hf/c1-3-7-13(8-4-1)11-12-14-9-5-2-6-10-14;2*1-2-4-5-3-1;/h1-10H,11-12H2;2*1-3H,4H2;/q;2*-1;. The van der Waals surface area contributed by atoms with Gasteiger partial charge >= 0.3 is 0 Å². The van der Waals surface area contributed by atoms with Gasteiger partial charge < -0.3 is 0 Å². The van der Waals surface area contributed by atoms with Gasteiger partial charge in [-0.2, -0.15) is 12.2 Å². The molecule has 0 atom stereocenters. The zero-order valence-electron chi connectivity index (χ0n) is 14.6. The van der Waals surface area contributed by atoms with E-state index in [1.54, 1.807) is 0 Å². The van der Waals surface area contributed by atoms with Crippen LogP contribution in [0.2, 0.25) is 0 Å². The molecule has 0 radical (unpaired) electrons. The molecule has 0 N–H and O–H groups in total. The average molecular weight is 491 g/mol. The summed E-state index contributed by atoms with van der Waals surface area (Å²) in [6.45, 7) is 0. The van der Waals surface area contributed by atoms with E-state index in [4.69, 9.17) is 0 Å². The Morgan fingerprint density at radius 1 is 0.600 bits per heavy atom. The van der Waals surface area contributed by atoms with Gasteiger partial charge in [-0.3, -0.25) is 12.2 Å². The Morgan fingerprint density at radius 2 is 1.00 bits per heavy atom. The molecule has 0 saturated heterocycles. The molecule has 0 nitrogen and oxygen atoms in total. The molecule has 0 amide bonds. The van der Waals surface area contributed by atoms with Gasteiger partial charge in [-0.05, 0) is 24.0 Å². The van der Waals surface area contributed by atoms with E-state index >= 15 is 0 Å². The molecule has 0 heterocycles. The maximum atomic E-state index is 2.99. The molecule has 0 bridgehead atoms. The van der Waals surface area contributed by atoms with Crippen LogP contribution in [0.3, 0.4) is 0 Å². The fourth-order valence-electron chi connectivity index (χ4n) is 2.26. The summed E-state index contributed by atoms with van der Waals surface area (Å²) in [5, 5.41) is 0. The van der Waals surface area contributed by atoms with Crippen LogP contribution in [0.5, 0.6) is 0 Å². The first-order valence-electron chi connectivity index (χ1n) is 8.46. The molecule has 2 aromatic carbocycles. The van der Waals surface area contributed by atoms with Gasteiger partial charge in [0.05, 0.1) is 0 Å². The van der Waals surface area contributed by atoms with Crippen molar-refractivity contribution in [1.29, 1.82) is 0 Å². The fourth-order valence-corrected chi connectivity index (χ4v) is 2.26. The second-order valence-electron chi connectivity index (χ2n) is 5.48. The zero-order chi connectivity index (χ0) is 16.7. The molecule has 2 aliphatic rings. The molecular weight excluding hydrogens is 467 g/mol. The summed E-state index contributed by atoms with van der Waals surface area (Å²) in [5.41, 5.74) is 2.83. The number of allylic oxidation sites excluding steroid dienone is 8. The Balaban J connectivity index is 0.000000233. The first-order chi connectivity index (χ1) is 11.9. The zero-order valence-corrected chi connectivity index (χ0v) is 18.2. The molecule has 0 aliphatic heterocycles. The van der Waals surface area contributed by atoms with E-state index < -0.39 is 0 Å². The van der Waals surface area contributed by atoms with Crippen LogP contribution in [-0.4, -0.2) is 0 Å². The molecule has 25 heavy (non-hydrogen) atoms. The largest absolute Gasteiger partial charge is 0.273 e. The Morgan fingerprint density at radius 3 is 1.24 bits per heavy atom. The van der Waals surface area contributed by atoms with Crippen molar-refractivity contribution in [2.75, 3.05) is 0 Å². The summed E-state index contributed by atoms with van der Waals surface area (Å²) < 4.78 is 0. The van der Waals surface area contributed by atoms with Gasteiger partial charge in [0.2, 0.25) is 0 Å². The minimum Gasteiger partial charge on any atom is -0.273 e. The van der Waals surface area contributed by atoms with Crippen molar-refractivity contribution in [3.05, 3.63) is 120 Å². The van der Waals surface area contributed by atoms with E-state index in [0.717, 1.165) is 25.7 Å². The van der Waals surface area contributed by atoms with Crippen LogP contribution in [0.25, 0.3) is 0 Å². The number of benzene rings is 2. The first-order valence-corrected chi connectivity index (χ1v) is 8.46. The van der Waals surface area contributed by atoms with Crippen molar-refractivity contribution in [1.82, 2.24) is 0 Å². The SMILES string of the molecule is [C-]1=CC=CC1.[C-]1=CC=CC1.[Hf].c1ccc(CCc2ccccc2)cc1. The third-order valence-electron chi connectivity index (χ3n) is 3.56. The van der Waals surface area contributed by atoms with Gasteiger partial charge in [0.1, 0.15) is 0 Å². The second kappa shape index (κ2) is 14.6. The molecule has 0 spiro atoms. The summed E-state index contributed by atoms with van der Waals surface area (Å²) in [4.78, 5) is 0. The van der Waals surface area contributed by atoms with Crippen molar-refractivity contribution in [3.63, 3.8) is 0 Å². The van der Waals surface area contributed by atoms with E-state index in [1.165, 1.54) is 11.1 Å². The van der Waals surface area contributed by atoms with Crippen molar-refractivity contribution in [2.24, 2.45) is 0 Å². The molecule has 0 saturated carbocycles. The van der Waals surface area contributed by atoms with Gasteiger partial charge in [-0.15, -0.1) is 12.8 Å². The van der Waals surface area contributed by atoms with E-state index in [-0.39, 0.29) is 25.8 Å². The van der Waals surface area contributed by atoms with Gasteiger partial charge in [-0.1, -0.05) is 60.7 Å². The monoisotopic (exact) mass is 492 g/mol. The average Bonchev–Trinajstić information content (AvgIpc) is 3.40. The van der Waals surface area contributed by atoms with Gasteiger partial charge in [-0.25, -0.2) is 24.3 Å². The summed E-state index contributed by atoms with van der Waals surface area (Å²) in [5.74, 6) is 0. The first kappa shape index (κ1) is 21.3. The van der Waals surface area contributed by atoms with Crippen LogP contribution in [-0.2, 0) is 38.7 Å². The number of aryl methyl sites for hydroxylation is 2. The molecular formula is C24H24Hf-2. The molecule has 0 aromatic heterocycles. The van der Waals surface area contributed by atoms with E-state index in [9.17, 15) is 0 Å². The minimum atomic E-state index is 0. The smallest absolute Gasteiger partial charge is 0 e. The van der Waals surface area contributed by atoms with Gasteiger partial charge in [0.15, 0.2) is 0 Å². The Kier molecular flexibility index (Phi) is 12.4. The minimum absolute atomic E-state index is 0. The molecule has 2 aliphatic carbocycles. The maximum absolute atomic E-state index is 2.99. The summed E-state index contributed by atoms with van der Waals surface area (Å²) >= 11 is 0. The normalized spacial score (nSPS) is 12.6. The van der Waals surface area contributed by atoms with Crippen molar-refractivity contribution in [3.8, 4) is 0 Å². The number of rotatable bonds is 3. The Hall–Kier alpha value is -1.73. The molecule has 2 aromatic rings. The molecule has 1 heteroatoms. The van der Waals surface area contributed by atoms with Crippen LogP contribution >= 0.6 is 0 Å². The van der Waals surface area contributed by atoms with Crippen LogP contribution in [0, 0.1) is 12.2 Å². The topological polar surface area (TPSA) is 0 Å². The van der Waals surface area contributed by atoms with Crippen LogP contribution < -0.4 is 0 Å². The summed E-state index contributed by atoms with van der Waals surface area (Å²) in [7, 11) is 0. The maximum Gasteiger partial charge on any atom is 0 e. The van der Waals surface area contributed by atoms with E-state index in [1.807, 2.05) is 24.3 Å². The Bertz CT molecular complexity index is 582. The second-order valence-corrected chi connectivity index (χ2v) is 5.48. The molecule has 0 unspecified atom stereocenters. The third-order valence-corrected chi connectivity index (χ3v) is 3.56. The number of hydrogen-bond donors (Lipinski definition) is 0. The molecule has 0 fully saturated rings. The van der Waals surface area contributed by atoms with E-state index in [0.29, 0.717) is 0 Å². The number of hydrogen-bond acceptors (Lipinski definition) is 0. The fraction of sp³-hybridized carbons (Fsp3) is 0.167. The van der Waals surface area contributed by atoms with Crippen LogP contribution in [0.1, 0.15) is 24.0 Å². The van der Waals surface area contributed by atoms with Gasteiger partial charge in [0.25, 0.3) is 0 Å².